The van der Waals surface area contributed by atoms with E-state index in [2.05, 4.69) is 0 Å². The van der Waals surface area contributed by atoms with Crippen LogP contribution >= 0.6 is 0 Å². The lowest BCUT2D eigenvalue weighted by Crippen LogP contribution is -2.26. The van der Waals surface area contributed by atoms with Crippen molar-refractivity contribution in [3.8, 4) is 5.75 Å². The molecule has 0 spiro atoms. The number of hydrogen-bond acceptors (Lipinski definition) is 3. The zero-order valence-corrected chi connectivity index (χ0v) is 10.3. The minimum atomic E-state index is -0.546. The van der Waals surface area contributed by atoms with E-state index in [0.717, 1.165) is 37.2 Å². The number of hydrogen-bond donors (Lipinski definition) is 1. The van der Waals surface area contributed by atoms with Gasteiger partial charge in [-0.1, -0.05) is 12.1 Å². The maximum atomic E-state index is 10.3. The second kappa shape index (κ2) is 6.03. The molecule has 1 N–H and O–H groups in total. The Morgan fingerprint density at radius 3 is 3.06 bits per heavy atom. The molecule has 0 aromatic heterocycles. The van der Waals surface area contributed by atoms with Crippen molar-refractivity contribution in [3.05, 3.63) is 29.8 Å². The topological polar surface area (TPSA) is 38.7 Å². The van der Waals surface area contributed by atoms with Gasteiger partial charge in [-0.15, -0.1) is 0 Å². The molecule has 17 heavy (non-hydrogen) atoms. The van der Waals surface area contributed by atoms with Crippen molar-refractivity contribution >= 4 is 0 Å². The molecule has 1 saturated heterocycles. The average molecular weight is 236 g/mol. The molecule has 94 valence electrons. The first-order valence-corrected chi connectivity index (χ1v) is 6.33. The highest BCUT2D eigenvalue weighted by Gasteiger charge is 2.24. The summed E-state index contributed by atoms with van der Waals surface area (Å²) in [5, 5.41) is 10.3. The molecule has 0 bridgehead atoms. The molecule has 0 amide bonds. The fourth-order valence-electron chi connectivity index (χ4n) is 2.18. The molecule has 0 aliphatic carbocycles. The third-order valence-corrected chi connectivity index (χ3v) is 3.08. The first kappa shape index (κ1) is 12.4. The predicted molar refractivity (Wildman–Crippen MR) is 66.2 cm³/mol. The lowest BCUT2D eigenvalue weighted by Gasteiger charge is -2.27. The summed E-state index contributed by atoms with van der Waals surface area (Å²) in [7, 11) is 0. The van der Waals surface area contributed by atoms with Crippen molar-refractivity contribution in [2.45, 2.75) is 38.4 Å². The van der Waals surface area contributed by atoms with Crippen molar-refractivity contribution in [1.29, 1.82) is 0 Å². The normalized spacial score (nSPS) is 22.1. The van der Waals surface area contributed by atoms with Crippen LogP contribution < -0.4 is 4.74 Å². The summed E-state index contributed by atoms with van der Waals surface area (Å²) < 4.78 is 11.0. The molecule has 2 unspecified atom stereocenters. The fraction of sp³-hybridized carbons (Fsp3) is 0.571. The average Bonchev–Trinajstić information content (AvgIpc) is 2.40. The standard InChI is InChI=1S/C14H20O3/c1-2-16-12-7-5-6-11(10-12)14(15)13-8-3-4-9-17-13/h5-7,10,13-15H,2-4,8-9H2,1H3. The zero-order valence-electron chi connectivity index (χ0n) is 10.3. The number of benzene rings is 1. The van der Waals surface area contributed by atoms with Crippen LogP contribution in [0, 0.1) is 0 Å². The SMILES string of the molecule is CCOc1cccc(C(O)C2CCCCO2)c1. The Balaban J connectivity index is 2.06. The quantitative estimate of drug-likeness (QED) is 0.873. The van der Waals surface area contributed by atoms with E-state index >= 15 is 0 Å². The van der Waals surface area contributed by atoms with Crippen molar-refractivity contribution in [2.75, 3.05) is 13.2 Å². The van der Waals surface area contributed by atoms with Gasteiger partial charge in [0.2, 0.25) is 0 Å². The van der Waals surface area contributed by atoms with Crippen LogP contribution in [0.5, 0.6) is 5.75 Å². The lowest BCUT2D eigenvalue weighted by molar-refractivity contribution is -0.0633. The van der Waals surface area contributed by atoms with Gasteiger partial charge >= 0.3 is 0 Å². The third kappa shape index (κ3) is 3.20. The smallest absolute Gasteiger partial charge is 0.119 e. The van der Waals surface area contributed by atoms with Gasteiger partial charge in [0.25, 0.3) is 0 Å². The first-order valence-electron chi connectivity index (χ1n) is 6.33. The second-order valence-corrected chi connectivity index (χ2v) is 4.36. The second-order valence-electron chi connectivity index (χ2n) is 4.36. The van der Waals surface area contributed by atoms with Crippen LogP contribution in [0.15, 0.2) is 24.3 Å². The van der Waals surface area contributed by atoms with Gasteiger partial charge in [-0.3, -0.25) is 0 Å². The molecule has 0 radical (unpaired) electrons. The minimum Gasteiger partial charge on any atom is -0.494 e. The number of aliphatic hydroxyl groups excluding tert-OH is 1. The Bertz CT molecular complexity index is 345. The summed E-state index contributed by atoms with van der Waals surface area (Å²) >= 11 is 0. The van der Waals surface area contributed by atoms with E-state index in [1.807, 2.05) is 31.2 Å². The van der Waals surface area contributed by atoms with Crippen LogP contribution in [0.4, 0.5) is 0 Å². The van der Waals surface area contributed by atoms with E-state index in [4.69, 9.17) is 9.47 Å². The highest BCUT2D eigenvalue weighted by atomic mass is 16.5. The van der Waals surface area contributed by atoms with Gasteiger partial charge in [0.05, 0.1) is 12.7 Å². The Morgan fingerprint density at radius 1 is 1.47 bits per heavy atom. The number of aliphatic hydroxyl groups is 1. The van der Waals surface area contributed by atoms with Gasteiger partial charge in [0.1, 0.15) is 11.9 Å². The maximum absolute atomic E-state index is 10.3. The molecule has 1 aliphatic rings. The highest BCUT2D eigenvalue weighted by molar-refractivity contribution is 5.30. The van der Waals surface area contributed by atoms with Gasteiger partial charge in [-0.05, 0) is 43.9 Å². The summed E-state index contributed by atoms with van der Waals surface area (Å²) in [4.78, 5) is 0. The van der Waals surface area contributed by atoms with E-state index in [-0.39, 0.29) is 6.10 Å². The molecule has 1 aliphatic heterocycles. The van der Waals surface area contributed by atoms with E-state index in [1.54, 1.807) is 0 Å². The molecular formula is C14H20O3. The minimum absolute atomic E-state index is 0.0689. The molecule has 2 atom stereocenters. The van der Waals surface area contributed by atoms with E-state index in [9.17, 15) is 5.11 Å². The zero-order chi connectivity index (χ0) is 12.1. The molecule has 1 heterocycles. The molecule has 1 fully saturated rings. The molecule has 1 aromatic carbocycles. The van der Waals surface area contributed by atoms with Gasteiger partial charge < -0.3 is 14.6 Å². The molecule has 1 aromatic rings. The van der Waals surface area contributed by atoms with E-state index < -0.39 is 6.10 Å². The Labute approximate surface area is 102 Å². The summed E-state index contributed by atoms with van der Waals surface area (Å²) in [5.74, 6) is 0.805. The van der Waals surface area contributed by atoms with Gasteiger partial charge in [0.15, 0.2) is 0 Å². The summed E-state index contributed by atoms with van der Waals surface area (Å²) in [6.45, 7) is 3.35. The summed E-state index contributed by atoms with van der Waals surface area (Å²) in [6.07, 6.45) is 2.55. The lowest BCUT2D eigenvalue weighted by atomic mass is 9.98. The fourth-order valence-corrected chi connectivity index (χ4v) is 2.18. The van der Waals surface area contributed by atoms with Crippen molar-refractivity contribution in [1.82, 2.24) is 0 Å². The molecule has 3 heteroatoms. The van der Waals surface area contributed by atoms with Gasteiger partial charge in [-0.2, -0.15) is 0 Å². The first-order chi connectivity index (χ1) is 8.31. The van der Waals surface area contributed by atoms with Crippen molar-refractivity contribution in [3.63, 3.8) is 0 Å². The predicted octanol–water partition coefficient (Wildman–Crippen LogP) is 2.69. The summed E-state index contributed by atoms with van der Waals surface area (Å²) in [6, 6.07) is 7.63. The molecule has 2 rings (SSSR count). The van der Waals surface area contributed by atoms with Crippen LogP contribution in [-0.4, -0.2) is 24.4 Å². The van der Waals surface area contributed by atoms with Crippen molar-refractivity contribution < 1.29 is 14.6 Å². The number of ether oxygens (including phenoxy) is 2. The van der Waals surface area contributed by atoms with Gasteiger partial charge in [-0.25, -0.2) is 0 Å². The molecule has 3 nitrogen and oxygen atoms in total. The van der Waals surface area contributed by atoms with Crippen LogP contribution in [0.2, 0.25) is 0 Å². The third-order valence-electron chi connectivity index (χ3n) is 3.08. The van der Waals surface area contributed by atoms with E-state index in [0.29, 0.717) is 6.61 Å². The Hall–Kier alpha value is -1.06. The van der Waals surface area contributed by atoms with Crippen molar-refractivity contribution in [2.24, 2.45) is 0 Å². The molecule has 0 saturated carbocycles. The van der Waals surface area contributed by atoms with Crippen LogP contribution in [0.1, 0.15) is 37.9 Å². The highest BCUT2D eigenvalue weighted by Crippen LogP contribution is 2.28. The van der Waals surface area contributed by atoms with Gasteiger partial charge in [0, 0.05) is 6.61 Å². The monoisotopic (exact) mass is 236 g/mol. The Kier molecular flexibility index (Phi) is 4.40. The van der Waals surface area contributed by atoms with Crippen LogP contribution in [-0.2, 0) is 4.74 Å². The number of rotatable bonds is 4. The van der Waals surface area contributed by atoms with E-state index in [1.165, 1.54) is 0 Å². The largest absolute Gasteiger partial charge is 0.494 e. The summed E-state index contributed by atoms with van der Waals surface area (Å²) in [5.41, 5.74) is 0.878. The Morgan fingerprint density at radius 2 is 2.35 bits per heavy atom. The van der Waals surface area contributed by atoms with Crippen LogP contribution in [0.3, 0.4) is 0 Å². The van der Waals surface area contributed by atoms with Crippen LogP contribution in [0.25, 0.3) is 0 Å². The molecular weight excluding hydrogens is 216 g/mol. The maximum Gasteiger partial charge on any atom is 0.119 e.